The number of hydrogen-bond donors (Lipinski definition) is 1. The zero-order valence-electron chi connectivity index (χ0n) is 16.6. The van der Waals surface area contributed by atoms with Crippen molar-refractivity contribution in [3.05, 3.63) is 64.0 Å². The third kappa shape index (κ3) is 3.94. The number of ether oxygens (including phenoxy) is 1. The Morgan fingerprint density at radius 1 is 1.17 bits per heavy atom. The van der Waals surface area contributed by atoms with Crippen molar-refractivity contribution in [3.63, 3.8) is 0 Å². The quantitative estimate of drug-likeness (QED) is 0.705. The van der Waals surface area contributed by atoms with Crippen LogP contribution in [0.25, 0.3) is 10.8 Å². The summed E-state index contributed by atoms with van der Waals surface area (Å²) in [5.74, 6) is 1.32. The predicted octanol–water partition coefficient (Wildman–Crippen LogP) is 1.64. The van der Waals surface area contributed by atoms with Gasteiger partial charge in [-0.05, 0) is 25.1 Å². The van der Waals surface area contributed by atoms with Crippen LogP contribution in [0.3, 0.4) is 0 Å². The Morgan fingerprint density at radius 2 is 1.90 bits per heavy atom. The van der Waals surface area contributed by atoms with E-state index < -0.39 is 0 Å². The molecule has 1 saturated heterocycles. The van der Waals surface area contributed by atoms with E-state index >= 15 is 0 Å². The molecule has 1 N–H and O–H groups in total. The van der Waals surface area contributed by atoms with E-state index in [0.717, 1.165) is 24.6 Å². The fourth-order valence-electron chi connectivity index (χ4n) is 3.67. The van der Waals surface area contributed by atoms with Crippen molar-refractivity contribution < 1.29 is 13.9 Å². The van der Waals surface area contributed by atoms with Crippen molar-refractivity contribution in [1.29, 1.82) is 0 Å². The minimum Gasteiger partial charge on any atom is -0.465 e. The monoisotopic (exact) mass is 396 g/mol. The van der Waals surface area contributed by atoms with Crippen LogP contribution in [0.4, 0.5) is 0 Å². The second-order valence-electron chi connectivity index (χ2n) is 7.15. The topological polar surface area (TPSA) is 89.6 Å². The molecular weight excluding hydrogens is 372 g/mol. The molecule has 1 atom stereocenters. The lowest BCUT2D eigenvalue weighted by molar-refractivity contribution is 0.0117. The van der Waals surface area contributed by atoms with Crippen molar-refractivity contribution in [3.8, 4) is 0 Å². The number of fused-ring (bicyclic) bond motifs is 1. The Balaban J connectivity index is 1.59. The Kier molecular flexibility index (Phi) is 5.46. The van der Waals surface area contributed by atoms with Gasteiger partial charge in [0, 0.05) is 32.1 Å². The van der Waals surface area contributed by atoms with Gasteiger partial charge in [0.2, 0.25) is 0 Å². The fraction of sp³-hybridized carbons (Fsp3) is 0.381. The molecular formula is C21H24N4O4. The summed E-state index contributed by atoms with van der Waals surface area (Å²) in [6.45, 7) is 5.10. The maximum absolute atomic E-state index is 13.0. The maximum atomic E-state index is 13.0. The summed E-state index contributed by atoms with van der Waals surface area (Å²) < 4.78 is 12.5. The number of carbonyl (C=O) groups is 1. The van der Waals surface area contributed by atoms with Gasteiger partial charge in [0.25, 0.3) is 11.5 Å². The lowest BCUT2D eigenvalue weighted by Gasteiger charge is -2.33. The summed E-state index contributed by atoms with van der Waals surface area (Å²) in [5.41, 5.74) is 0.00783. The minimum atomic E-state index is -0.321. The van der Waals surface area contributed by atoms with Gasteiger partial charge in [-0.2, -0.15) is 5.10 Å². The number of hydrogen-bond acceptors (Lipinski definition) is 6. The molecule has 1 aliphatic rings. The Labute approximate surface area is 168 Å². The Bertz CT molecular complexity index is 1080. The van der Waals surface area contributed by atoms with Crippen molar-refractivity contribution in [1.82, 2.24) is 20.0 Å². The van der Waals surface area contributed by atoms with Crippen molar-refractivity contribution in [2.24, 2.45) is 7.05 Å². The molecule has 0 radical (unpaired) electrons. The summed E-state index contributed by atoms with van der Waals surface area (Å²) in [7, 11) is 1.55. The van der Waals surface area contributed by atoms with Crippen LogP contribution in [0.15, 0.2) is 45.6 Å². The van der Waals surface area contributed by atoms with Crippen LogP contribution in [0.5, 0.6) is 0 Å². The molecule has 4 rings (SSSR count). The second-order valence-corrected chi connectivity index (χ2v) is 7.15. The normalized spacial score (nSPS) is 16.1. The average Bonchev–Trinajstić information content (AvgIpc) is 3.17. The molecule has 0 spiro atoms. The third-order valence-corrected chi connectivity index (χ3v) is 5.20. The summed E-state index contributed by atoms with van der Waals surface area (Å²) in [6, 6.07) is 10.8. The van der Waals surface area contributed by atoms with Crippen molar-refractivity contribution in [2.75, 3.05) is 32.8 Å². The van der Waals surface area contributed by atoms with Crippen LogP contribution in [0.2, 0.25) is 0 Å². The number of morpholine rings is 1. The van der Waals surface area contributed by atoms with Crippen LogP contribution in [0, 0.1) is 6.92 Å². The Morgan fingerprint density at radius 3 is 2.59 bits per heavy atom. The van der Waals surface area contributed by atoms with Gasteiger partial charge in [-0.1, -0.05) is 18.2 Å². The van der Waals surface area contributed by atoms with Crippen LogP contribution < -0.4 is 10.9 Å². The van der Waals surface area contributed by atoms with Crippen LogP contribution in [-0.4, -0.2) is 53.4 Å². The number of carbonyl (C=O) groups excluding carboxylic acids is 1. The summed E-state index contributed by atoms with van der Waals surface area (Å²) in [6.07, 6.45) is 0. The first kappa shape index (κ1) is 19.4. The molecule has 8 nitrogen and oxygen atoms in total. The SMILES string of the molecule is Cc1ccc([C@@H](CNC(=O)c2nn(C)c(=O)c3ccccc23)N2CCOCC2)o1. The van der Waals surface area contributed by atoms with E-state index in [4.69, 9.17) is 9.15 Å². The smallest absolute Gasteiger partial charge is 0.274 e. The largest absolute Gasteiger partial charge is 0.465 e. The number of nitrogens with one attached hydrogen (secondary N) is 1. The fourth-order valence-corrected chi connectivity index (χ4v) is 3.67. The zero-order valence-corrected chi connectivity index (χ0v) is 16.6. The van der Waals surface area contributed by atoms with E-state index in [2.05, 4.69) is 15.3 Å². The van der Waals surface area contributed by atoms with Gasteiger partial charge in [0.05, 0.1) is 24.6 Å². The predicted molar refractivity (Wildman–Crippen MR) is 108 cm³/mol. The highest BCUT2D eigenvalue weighted by Crippen LogP contribution is 2.23. The molecule has 1 fully saturated rings. The van der Waals surface area contributed by atoms with E-state index in [-0.39, 0.29) is 23.2 Å². The van der Waals surface area contributed by atoms with Gasteiger partial charge < -0.3 is 14.5 Å². The molecule has 3 heterocycles. The number of amides is 1. The second kappa shape index (κ2) is 8.18. The van der Waals surface area contributed by atoms with Crippen LogP contribution >= 0.6 is 0 Å². The Hall–Kier alpha value is -2.97. The average molecular weight is 396 g/mol. The highest BCUT2D eigenvalue weighted by molar-refractivity contribution is 6.04. The van der Waals surface area contributed by atoms with Gasteiger partial charge in [-0.3, -0.25) is 14.5 Å². The zero-order chi connectivity index (χ0) is 20.4. The van der Waals surface area contributed by atoms with E-state index in [9.17, 15) is 9.59 Å². The first-order chi connectivity index (χ1) is 14.0. The number of aromatic nitrogens is 2. The molecule has 3 aromatic rings. The van der Waals surface area contributed by atoms with Gasteiger partial charge in [0.1, 0.15) is 11.5 Å². The molecule has 1 aromatic carbocycles. The molecule has 2 aromatic heterocycles. The molecule has 0 aliphatic carbocycles. The van der Waals surface area contributed by atoms with Gasteiger partial charge in [0.15, 0.2) is 5.69 Å². The minimum absolute atomic E-state index is 0.102. The van der Waals surface area contributed by atoms with Crippen LogP contribution in [-0.2, 0) is 11.8 Å². The number of nitrogens with zero attached hydrogens (tertiary/aromatic N) is 3. The number of aryl methyl sites for hydroxylation is 2. The van der Waals surface area contributed by atoms with Gasteiger partial charge in [-0.25, -0.2) is 4.68 Å². The van der Waals surface area contributed by atoms with Gasteiger partial charge >= 0.3 is 0 Å². The third-order valence-electron chi connectivity index (χ3n) is 5.20. The molecule has 0 unspecified atom stereocenters. The van der Waals surface area contributed by atoms with Crippen molar-refractivity contribution in [2.45, 2.75) is 13.0 Å². The number of furan rings is 1. The molecule has 0 bridgehead atoms. The first-order valence-electron chi connectivity index (χ1n) is 9.67. The van der Waals surface area contributed by atoms with Crippen molar-refractivity contribution >= 4 is 16.7 Å². The first-order valence-corrected chi connectivity index (χ1v) is 9.67. The highest BCUT2D eigenvalue weighted by Gasteiger charge is 2.26. The molecule has 0 saturated carbocycles. The highest BCUT2D eigenvalue weighted by atomic mass is 16.5. The lowest BCUT2D eigenvalue weighted by atomic mass is 10.1. The molecule has 152 valence electrons. The maximum Gasteiger partial charge on any atom is 0.274 e. The van der Waals surface area contributed by atoms with E-state index in [1.54, 1.807) is 31.3 Å². The summed E-state index contributed by atoms with van der Waals surface area (Å²) in [4.78, 5) is 27.5. The number of benzene rings is 1. The summed E-state index contributed by atoms with van der Waals surface area (Å²) in [5, 5.41) is 8.21. The molecule has 1 amide bonds. The summed E-state index contributed by atoms with van der Waals surface area (Å²) >= 11 is 0. The van der Waals surface area contributed by atoms with E-state index in [1.807, 2.05) is 19.1 Å². The molecule has 29 heavy (non-hydrogen) atoms. The standard InChI is InChI=1S/C21H24N4O4/c1-14-7-8-18(29-14)17(25-9-11-28-12-10-25)13-22-20(26)19-15-5-3-4-6-16(15)21(27)24(2)23-19/h3-8,17H,9-13H2,1-2H3,(H,22,26)/t17-/m1/s1. The van der Waals surface area contributed by atoms with Crippen LogP contribution in [0.1, 0.15) is 28.1 Å². The molecule has 1 aliphatic heterocycles. The number of rotatable bonds is 5. The molecule has 8 heteroatoms. The van der Waals surface area contributed by atoms with E-state index in [1.165, 1.54) is 4.68 Å². The lowest BCUT2D eigenvalue weighted by Crippen LogP contribution is -2.44. The van der Waals surface area contributed by atoms with E-state index in [0.29, 0.717) is 30.5 Å². The van der Waals surface area contributed by atoms with Gasteiger partial charge in [-0.15, -0.1) is 0 Å².